The standard InChI is InChI=1S/C16H18N6/c1-9(2)21-16-13(15(18)19-8-20-16)14(17)12-7-10-5-3-4-6-11(10)22-12/h3-9,17,22H,1-2H3,(H3,18,19,20,21). The molecule has 5 N–H and O–H groups in total. The van der Waals surface area contributed by atoms with Gasteiger partial charge >= 0.3 is 0 Å². The molecule has 3 rings (SSSR count). The smallest absolute Gasteiger partial charge is 0.141 e. The molecule has 0 amide bonds. The van der Waals surface area contributed by atoms with Crippen molar-refractivity contribution in [3.8, 4) is 0 Å². The molecule has 0 saturated heterocycles. The summed E-state index contributed by atoms with van der Waals surface area (Å²) >= 11 is 0. The monoisotopic (exact) mass is 294 g/mol. The quantitative estimate of drug-likeness (QED) is 0.555. The van der Waals surface area contributed by atoms with E-state index < -0.39 is 0 Å². The Morgan fingerprint density at radius 2 is 2.05 bits per heavy atom. The second-order valence-electron chi connectivity index (χ2n) is 5.43. The summed E-state index contributed by atoms with van der Waals surface area (Å²) in [5.74, 6) is 0.868. The van der Waals surface area contributed by atoms with E-state index in [0.29, 0.717) is 22.9 Å². The number of para-hydroxylation sites is 1. The molecule has 0 spiro atoms. The second kappa shape index (κ2) is 5.48. The molecule has 0 fully saturated rings. The fourth-order valence-electron chi connectivity index (χ4n) is 2.37. The zero-order valence-electron chi connectivity index (χ0n) is 12.5. The van der Waals surface area contributed by atoms with Crippen LogP contribution in [0, 0.1) is 5.41 Å². The molecular weight excluding hydrogens is 276 g/mol. The summed E-state index contributed by atoms with van der Waals surface area (Å²) in [6.07, 6.45) is 1.40. The van der Waals surface area contributed by atoms with Crippen LogP contribution in [-0.2, 0) is 0 Å². The molecule has 3 aromatic rings. The number of nitrogens with two attached hydrogens (primary N) is 1. The van der Waals surface area contributed by atoms with Crippen molar-refractivity contribution >= 4 is 28.3 Å². The van der Waals surface area contributed by atoms with Crippen molar-refractivity contribution in [2.24, 2.45) is 0 Å². The minimum absolute atomic E-state index is 0.184. The van der Waals surface area contributed by atoms with Crippen molar-refractivity contribution in [3.63, 3.8) is 0 Å². The number of nitrogens with zero attached hydrogens (tertiary/aromatic N) is 2. The number of rotatable bonds is 4. The first-order valence-corrected chi connectivity index (χ1v) is 7.10. The van der Waals surface area contributed by atoms with Crippen LogP contribution in [0.15, 0.2) is 36.7 Å². The number of aromatic amines is 1. The van der Waals surface area contributed by atoms with Gasteiger partial charge in [0.15, 0.2) is 0 Å². The summed E-state index contributed by atoms with van der Waals surface area (Å²) in [6, 6.07) is 10.0. The lowest BCUT2D eigenvalue weighted by molar-refractivity contribution is 0.885. The summed E-state index contributed by atoms with van der Waals surface area (Å²) in [4.78, 5) is 11.5. The van der Waals surface area contributed by atoms with Crippen molar-refractivity contribution in [1.29, 1.82) is 5.41 Å². The zero-order valence-corrected chi connectivity index (χ0v) is 12.5. The van der Waals surface area contributed by atoms with Gasteiger partial charge in [0.05, 0.1) is 17.0 Å². The number of hydrogen-bond donors (Lipinski definition) is 4. The van der Waals surface area contributed by atoms with Crippen LogP contribution in [-0.4, -0.2) is 26.7 Å². The average molecular weight is 294 g/mol. The maximum Gasteiger partial charge on any atom is 0.141 e. The Labute approximate surface area is 128 Å². The Bertz CT molecular complexity index is 801. The molecule has 0 saturated carbocycles. The van der Waals surface area contributed by atoms with Crippen molar-refractivity contribution in [2.45, 2.75) is 19.9 Å². The number of aromatic nitrogens is 3. The molecule has 0 bridgehead atoms. The van der Waals surface area contributed by atoms with E-state index in [4.69, 9.17) is 11.1 Å². The number of H-pyrrole nitrogens is 1. The molecule has 112 valence electrons. The van der Waals surface area contributed by atoms with Gasteiger partial charge in [-0.3, -0.25) is 5.41 Å². The van der Waals surface area contributed by atoms with Crippen molar-refractivity contribution in [1.82, 2.24) is 15.0 Å². The third kappa shape index (κ3) is 2.50. The highest BCUT2D eigenvalue weighted by atomic mass is 15.1. The van der Waals surface area contributed by atoms with Crippen molar-refractivity contribution in [3.05, 3.63) is 47.9 Å². The summed E-state index contributed by atoms with van der Waals surface area (Å²) in [6.45, 7) is 4.02. The molecule has 0 aliphatic rings. The van der Waals surface area contributed by atoms with Crippen LogP contribution in [0.2, 0.25) is 0 Å². The highest BCUT2D eigenvalue weighted by Gasteiger charge is 2.18. The highest BCUT2D eigenvalue weighted by Crippen LogP contribution is 2.24. The lowest BCUT2D eigenvalue weighted by Crippen LogP contribution is -2.18. The summed E-state index contributed by atoms with van der Waals surface area (Å²) in [7, 11) is 0. The fourth-order valence-corrected chi connectivity index (χ4v) is 2.37. The SMILES string of the molecule is CC(C)Nc1ncnc(N)c1C(=N)c1cc2ccccc2[nH]1. The molecule has 0 aliphatic carbocycles. The van der Waals surface area contributed by atoms with Crippen LogP contribution in [0.5, 0.6) is 0 Å². The molecule has 0 aliphatic heterocycles. The van der Waals surface area contributed by atoms with Gasteiger partial charge in [0.2, 0.25) is 0 Å². The highest BCUT2D eigenvalue weighted by molar-refractivity contribution is 6.16. The first-order chi connectivity index (χ1) is 10.6. The minimum Gasteiger partial charge on any atom is -0.383 e. The summed E-state index contributed by atoms with van der Waals surface area (Å²) in [5.41, 5.74) is 8.45. The molecule has 2 aromatic heterocycles. The summed E-state index contributed by atoms with van der Waals surface area (Å²) < 4.78 is 0. The molecular formula is C16H18N6. The predicted molar refractivity (Wildman–Crippen MR) is 89.4 cm³/mol. The Morgan fingerprint density at radius 1 is 1.27 bits per heavy atom. The molecule has 0 unspecified atom stereocenters. The van der Waals surface area contributed by atoms with E-state index in [1.807, 2.05) is 44.2 Å². The topological polar surface area (TPSA) is 103 Å². The number of nitrogen functional groups attached to an aromatic ring is 1. The van der Waals surface area contributed by atoms with Gasteiger partial charge in [0.25, 0.3) is 0 Å². The van der Waals surface area contributed by atoms with E-state index in [2.05, 4.69) is 20.3 Å². The maximum atomic E-state index is 8.50. The van der Waals surface area contributed by atoms with E-state index in [-0.39, 0.29) is 11.8 Å². The lowest BCUT2D eigenvalue weighted by atomic mass is 10.1. The van der Waals surface area contributed by atoms with E-state index in [9.17, 15) is 0 Å². The van der Waals surface area contributed by atoms with Crippen LogP contribution in [0.4, 0.5) is 11.6 Å². The van der Waals surface area contributed by atoms with Gasteiger partial charge in [-0.05, 0) is 26.0 Å². The number of hydrogen-bond acceptors (Lipinski definition) is 5. The third-order valence-corrected chi connectivity index (χ3v) is 3.35. The van der Waals surface area contributed by atoms with Crippen molar-refractivity contribution < 1.29 is 0 Å². The molecule has 0 radical (unpaired) electrons. The van der Waals surface area contributed by atoms with Gasteiger partial charge in [-0.2, -0.15) is 0 Å². The molecule has 6 nitrogen and oxygen atoms in total. The maximum absolute atomic E-state index is 8.50. The lowest BCUT2D eigenvalue weighted by Gasteiger charge is -2.14. The molecule has 22 heavy (non-hydrogen) atoms. The normalized spacial score (nSPS) is 11.0. The number of benzene rings is 1. The predicted octanol–water partition coefficient (Wildman–Crippen LogP) is 2.78. The van der Waals surface area contributed by atoms with Gasteiger partial charge in [0, 0.05) is 16.9 Å². The molecule has 0 atom stereocenters. The van der Waals surface area contributed by atoms with Gasteiger partial charge in [-0.15, -0.1) is 0 Å². The first-order valence-electron chi connectivity index (χ1n) is 7.10. The van der Waals surface area contributed by atoms with Crippen LogP contribution < -0.4 is 11.1 Å². The Balaban J connectivity index is 2.08. The number of nitrogens with one attached hydrogen (secondary N) is 3. The van der Waals surface area contributed by atoms with Crippen LogP contribution in [0.1, 0.15) is 25.1 Å². The Hall–Kier alpha value is -2.89. The van der Waals surface area contributed by atoms with Gasteiger partial charge in [-0.1, -0.05) is 18.2 Å². The Morgan fingerprint density at radius 3 is 2.77 bits per heavy atom. The molecule has 1 aromatic carbocycles. The van der Waals surface area contributed by atoms with Gasteiger partial charge in [-0.25, -0.2) is 9.97 Å². The van der Waals surface area contributed by atoms with Gasteiger partial charge in [0.1, 0.15) is 18.0 Å². The van der Waals surface area contributed by atoms with Gasteiger partial charge < -0.3 is 16.0 Å². The van der Waals surface area contributed by atoms with Crippen LogP contribution >= 0.6 is 0 Å². The summed E-state index contributed by atoms with van der Waals surface area (Å²) in [5, 5.41) is 12.8. The number of anilines is 2. The second-order valence-corrected chi connectivity index (χ2v) is 5.43. The first kappa shape index (κ1) is 14.1. The molecule has 2 heterocycles. The van der Waals surface area contributed by atoms with E-state index in [1.165, 1.54) is 6.33 Å². The van der Waals surface area contributed by atoms with Crippen LogP contribution in [0.25, 0.3) is 10.9 Å². The van der Waals surface area contributed by atoms with E-state index in [1.54, 1.807) is 0 Å². The largest absolute Gasteiger partial charge is 0.383 e. The zero-order chi connectivity index (χ0) is 15.7. The van der Waals surface area contributed by atoms with E-state index >= 15 is 0 Å². The van der Waals surface area contributed by atoms with Crippen LogP contribution in [0.3, 0.4) is 0 Å². The Kier molecular flexibility index (Phi) is 3.50. The average Bonchev–Trinajstić information content (AvgIpc) is 2.90. The fraction of sp³-hybridized carbons (Fsp3) is 0.188. The number of fused-ring (bicyclic) bond motifs is 1. The van der Waals surface area contributed by atoms with E-state index in [0.717, 1.165) is 10.9 Å². The third-order valence-electron chi connectivity index (χ3n) is 3.35. The molecule has 6 heteroatoms. The minimum atomic E-state index is 0.184. The van der Waals surface area contributed by atoms with Crippen molar-refractivity contribution in [2.75, 3.05) is 11.1 Å².